The molecule has 0 unspecified atom stereocenters. The van der Waals surface area contributed by atoms with Crippen LogP contribution in [0.4, 0.5) is 0 Å². The van der Waals surface area contributed by atoms with Gasteiger partial charge in [-0.05, 0) is 36.8 Å². The molecule has 0 heterocycles. The number of rotatable bonds is 3. The lowest BCUT2D eigenvalue weighted by atomic mass is 10.0. The second kappa shape index (κ2) is 6.49. The first kappa shape index (κ1) is 15.2. The van der Waals surface area contributed by atoms with Crippen molar-refractivity contribution in [2.45, 2.75) is 6.92 Å². The van der Waals surface area contributed by atoms with Crippen LogP contribution in [-0.2, 0) is 4.74 Å². The molecule has 2 nitrogen and oxygen atoms in total. The first-order chi connectivity index (χ1) is 9.52. The number of benzene rings is 2. The number of ether oxygens (including phenoxy) is 1. The first-order valence-corrected chi connectivity index (χ1v) is 7.08. The minimum absolute atomic E-state index is 0.343. The van der Waals surface area contributed by atoms with Crippen LogP contribution in [0.1, 0.15) is 17.3 Å². The molecule has 0 aromatic heterocycles. The van der Waals surface area contributed by atoms with Crippen molar-refractivity contribution in [3.8, 4) is 11.1 Å². The average Bonchev–Trinajstić information content (AvgIpc) is 2.38. The summed E-state index contributed by atoms with van der Waals surface area (Å²) in [6.07, 6.45) is 0. The maximum atomic E-state index is 11.6. The van der Waals surface area contributed by atoms with Crippen LogP contribution in [-0.4, -0.2) is 12.6 Å². The van der Waals surface area contributed by atoms with Crippen LogP contribution in [0, 0.1) is 0 Å². The quantitative estimate of drug-likeness (QED) is 0.696. The SMILES string of the molecule is CCOC(=O)c1ccc(-c2c(Cl)cc(Cl)cc2Cl)cc1. The molecular weight excluding hydrogens is 319 g/mol. The van der Waals surface area contributed by atoms with E-state index in [0.717, 1.165) is 5.56 Å². The van der Waals surface area contributed by atoms with Gasteiger partial charge in [-0.25, -0.2) is 4.79 Å². The van der Waals surface area contributed by atoms with Crippen LogP contribution < -0.4 is 0 Å². The Hall–Kier alpha value is -1.22. The molecule has 0 bridgehead atoms. The Balaban J connectivity index is 2.38. The number of esters is 1. The van der Waals surface area contributed by atoms with E-state index in [2.05, 4.69) is 0 Å². The molecule has 0 aliphatic carbocycles. The van der Waals surface area contributed by atoms with Crippen molar-refractivity contribution >= 4 is 40.8 Å². The summed E-state index contributed by atoms with van der Waals surface area (Å²) < 4.78 is 4.93. The highest BCUT2D eigenvalue weighted by atomic mass is 35.5. The first-order valence-electron chi connectivity index (χ1n) is 5.95. The largest absolute Gasteiger partial charge is 0.462 e. The summed E-state index contributed by atoms with van der Waals surface area (Å²) in [5, 5.41) is 1.41. The lowest BCUT2D eigenvalue weighted by Crippen LogP contribution is -2.04. The zero-order valence-corrected chi connectivity index (χ0v) is 12.9. The predicted molar refractivity (Wildman–Crippen MR) is 82.9 cm³/mol. The van der Waals surface area contributed by atoms with Crippen molar-refractivity contribution < 1.29 is 9.53 Å². The molecule has 0 aliphatic rings. The van der Waals surface area contributed by atoms with Gasteiger partial charge in [-0.2, -0.15) is 0 Å². The highest BCUT2D eigenvalue weighted by Gasteiger charge is 2.12. The fourth-order valence-electron chi connectivity index (χ4n) is 1.81. The summed E-state index contributed by atoms with van der Waals surface area (Å²) in [5.74, 6) is -0.354. The Labute approximate surface area is 132 Å². The Morgan fingerprint density at radius 3 is 2.10 bits per heavy atom. The lowest BCUT2D eigenvalue weighted by molar-refractivity contribution is 0.0526. The second-order valence-corrected chi connectivity index (χ2v) is 5.29. The molecular formula is C15H11Cl3O2. The molecule has 0 saturated carbocycles. The van der Waals surface area contributed by atoms with E-state index in [1.165, 1.54) is 0 Å². The van der Waals surface area contributed by atoms with E-state index in [9.17, 15) is 4.79 Å². The third-order valence-corrected chi connectivity index (χ3v) is 3.51. The van der Waals surface area contributed by atoms with Crippen molar-refractivity contribution in [3.05, 3.63) is 57.0 Å². The molecule has 0 fully saturated rings. The summed E-state index contributed by atoms with van der Waals surface area (Å²) in [7, 11) is 0. The van der Waals surface area contributed by atoms with E-state index in [1.54, 1.807) is 43.3 Å². The second-order valence-electron chi connectivity index (χ2n) is 4.04. The summed E-state index contributed by atoms with van der Waals surface area (Å²) in [5.41, 5.74) is 1.98. The molecule has 2 aromatic rings. The number of hydrogen-bond donors (Lipinski definition) is 0. The molecule has 0 amide bonds. The Morgan fingerprint density at radius 2 is 1.60 bits per heavy atom. The van der Waals surface area contributed by atoms with Gasteiger partial charge in [0.05, 0.1) is 22.2 Å². The Bertz CT molecular complexity index is 613. The summed E-state index contributed by atoms with van der Waals surface area (Å²) in [6, 6.07) is 10.1. The topological polar surface area (TPSA) is 26.3 Å². The van der Waals surface area contributed by atoms with Crippen LogP contribution in [0.25, 0.3) is 11.1 Å². The minimum atomic E-state index is -0.354. The van der Waals surface area contributed by atoms with Crippen LogP contribution in [0.2, 0.25) is 15.1 Å². The van der Waals surface area contributed by atoms with E-state index < -0.39 is 0 Å². The number of hydrogen-bond acceptors (Lipinski definition) is 2. The van der Waals surface area contributed by atoms with Crippen molar-refractivity contribution in [1.82, 2.24) is 0 Å². The van der Waals surface area contributed by atoms with Gasteiger partial charge in [0.2, 0.25) is 0 Å². The Morgan fingerprint density at radius 1 is 1.05 bits per heavy atom. The minimum Gasteiger partial charge on any atom is -0.462 e. The standard InChI is InChI=1S/C15H11Cl3O2/c1-2-20-15(19)10-5-3-9(4-6-10)14-12(17)7-11(16)8-13(14)18/h3-8H,2H2,1H3. The molecule has 0 atom stereocenters. The molecule has 20 heavy (non-hydrogen) atoms. The van der Waals surface area contributed by atoms with E-state index in [0.29, 0.717) is 32.8 Å². The summed E-state index contributed by atoms with van der Waals surface area (Å²) >= 11 is 18.2. The van der Waals surface area contributed by atoms with Crippen molar-refractivity contribution in [3.63, 3.8) is 0 Å². The fraction of sp³-hybridized carbons (Fsp3) is 0.133. The third kappa shape index (κ3) is 3.26. The van der Waals surface area contributed by atoms with Crippen LogP contribution in [0.5, 0.6) is 0 Å². The van der Waals surface area contributed by atoms with Gasteiger partial charge in [0.1, 0.15) is 0 Å². The number of halogens is 3. The smallest absolute Gasteiger partial charge is 0.338 e. The summed E-state index contributed by atoms with van der Waals surface area (Å²) in [4.78, 5) is 11.6. The molecule has 104 valence electrons. The fourth-order valence-corrected chi connectivity index (χ4v) is 2.84. The molecule has 0 aliphatic heterocycles. The van der Waals surface area contributed by atoms with Gasteiger partial charge in [-0.1, -0.05) is 46.9 Å². The van der Waals surface area contributed by atoms with Crippen LogP contribution in [0.3, 0.4) is 0 Å². The molecule has 0 saturated heterocycles. The number of carbonyl (C=O) groups excluding carboxylic acids is 1. The van der Waals surface area contributed by atoms with E-state index in [1.807, 2.05) is 0 Å². The average molecular weight is 330 g/mol. The molecule has 2 rings (SSSR count). The van der Waals surface area contributed by atoms with Gasteiger partial charge in [0.15, 0.2) is 0 Å². The van der Waals surface area contributed by atoms with Gasteiger partial charge in [-0.3, -0.25) is 0 Å². The number of carbonyl (C=O) groups is 1. The lowest BCUT2D eigenvalue weighted by Gasteiger charge is -2.09. The third-order valence-electron chi connectivity index (χ3n) is 2.69. The van der Waals surface area contributed by atoms with Gasteiger partial charge in [0, 0.05) is 10.6 Å². The maximum Gasteiger partial charge on any atom is 0.338 e. The van der Waals surface area contributed by atoms with Crippen molar-refractivity contribution in [1.29, 1.82) is 0 Å². The van der Waals surface area contributed by atoms with Crippen molar-refractivity contribution in [2.75, 3.05) is 6.61 Å². The van der Waals surface area contributed by atoms with E-state index in [4.69, 9.17) is 39.5 Å². The van der Waals surface area contributed by atoms with E-state index in [-0.39, 0.29) is 5.97 Å². The van der Waals surface area contributed by atoms with Crippen LogP contribution >= 0.6 is 34.8 Å². The van der Waals surface area contributed by atoms with Gasteiger partial charge < -0.3 is 4.74 Å². The zero-order valence-electron chi connectivity index (χ0n) is 10.6. The van der Waals surface area contributed by atoms with Gasteiger partial charge in [-0.15, -0.1) is 0 Å². The molecule has 0 radical (unpaired) electrons. The van der Waals surface area contributed by atoms with E-state index >= 15 is 0 Å². The molecule has 5 heteroatoms. The molecule has 2 aromatic carbocycles. The Kier molecular flexibility index (Phi) is 4.92. The van der Waals surface area contributed by atoms with Crippen molar-refractivity contribution in [2.24, 2.45) is 0 Å². The monoisotopic (exact) mass is 328 g/mol. The predicted octanol–water partition coefficient (Wildman–Crippen LogP) is 5.49. The highest BCUT2D eigenvalue weighted by Crippen LogP contribution is 2.37. The molecule has 0 spiro atoms. The summed E-state index contributed by atoms with van der Waals surface area (Å²) in [6.45, 7) is 2.11. The zero-order chi connectivity index (χ0) is 14.7. The van der Waals surface area contributed by atoms with Crippen LogP contribution in [0.15, 0.2) is 36.4 Å². The highest BCUT2D eigenvalue weighted by molar-refractivity contribution is 6.41. The maximum absolute atomic E-state index is 11.6. The molecule has 0 N–H and O–H groups in total. The normalized spacial score (nSPS) is 10.4. The van der Waals surface area contributed by atoms with Gasteiger partial charge in [0.25, 0.3) is 0 Å². The van der Waals surface area contributed by atoms with Gasteiger partial charge >= 0.3 is 5.97 Å².